The lowest BCUT2D eigenvalue weighted by molar-refractivity contribution is 0.600. The number of aromatic nitrogens is 2. The van der Waals surface area contributed by atoms with Gasteiger partial charge in [-0.05, 0) is 47.5 Å². The third-order valence-corrected chi connectivity index (χ3v) is 5.21. The number of nitrogens with one attached hydrogen (secondary N) is 2. The van der Waals surface area contributed by atoms with Gasteiger partial charge < -0.3 is 5.73 Å². The van der Waals surface area contributed by atoms with E-state index >= 15 is 0 Å². The van der Waals surface area contributed by atoms with Crippen molar-refractivity contribution in [1.82, 2.24) is 10.2 Å². The molecule has 0 radical (unpaired) electrons. The van der Waals surface area contributed by atoms with Crippen LogP contribution in [-0.4, -0.2) is 18.6 Å². The van der Waals surface area contributed by atoms with Gasteiger partial charge in [0.15, 0.2) is 0 Å². The summed E-state index contributed by atoms with van der Waals surface area (Å²) >= 11 is 3.27. The second kappa shape index (κ2) is 5.55. The summed E-state index contributed by atoms with van der Waals surface area (Å²) in [5.74, 6) is 0. The van der Waals surface area contributed by atoms with Gasteiger partial charge in [-0.3, -0.25) is 9.82 Å². The van der Waals surface area contributed by atoms with Crippen LogP contribution in [0.5, 0.6) is 0 Å². The molecule has 2 rings (SSSR count). The fourth-order valence-corrected chi connectivity index (χ4v) is 4.09. The van der Waals surface area contributed by atoms with Crippen molar-refractivity contribution < 1.29 is 8.42 Å². The zero-order valence-corrected chi connectivity index (χ0v) is 13.5. The lowest BCUT2D eigenvalue weighted by atomic mass is 10.2. The molecular weight excluding hydrogens is 344 g/mol. The number of H-pyrrole nitrogens is 1. The van der Waals surface area contributed by atoms with Crippen LogP contribution in [-0.2, 0) is 16.6 Å². The molecule has 0 saturated carbocycles. The summed E-state index contributed by atoms with van der Waals surface area (Å²) in [7, 11) is -3.68. The lowest BCUT2D eigenvalue weighted by Gasteiger charge is -2.10. The van der Waals surface area contributed by atoms with E-state index in [4.69, 9.17) is 5.73 Å². The van der Waals surface area contributed by atoms with Crippen molar-refractivity contribution >= 4 is 31.6 Å². The van der Waals surface area contributed by atoms with Gasteiger partial charge in [-0.15, -0.1) is 0 Å². The smallest absolute Gasteiger partial charge is 0.263 e. The van der Waals surface area contributed by atoms with E-state index in [2.05, 4.69) is 30.8 Å². The number of aryl methyl sites for hydroxylation is 2. The molecule has 0 amide bonds. The largest absolute Gasteiger partial charge is 0.326 e. The molecule has 108 valence electrons. The molecule has 0 fully saturated rings. The zero-order valence-electron chi connectivity index (χ0n) is 11.1. The first-order chi connectivity index (χ1) is 9.35. The SMILES string of the molecule is Cc1n[nH]c(C)c1NS(=O)(=O)c1ccc(CN)cc1Br. The van der Waals surface area contributed by atoms with Crippen molar-refractivity contribution in [2.75, 3.05) is 4.72 Å². The molecule has 0 spiro atoms. The van der Waals surface area contributed by atoms with E-state index in [-0.39, 0.29) is 4.90 Å². The van der Waals surface area contributed by atoms with Crippen molar-refractivity contribution in [2.45, 2.75) is 25.3 Å². The summed E-state index contributed by atoms with van der Waals surface area (Å²) in [6.45, 7) is 3.84. The van der Waals surface area contributed by atoms with Gasteiger partial charge in [0.25, 0.3) is 10.0 Å². The number of hydrogen-bond acceptors (Lipinski definition) is 4. The molecule has 0 aliphatic heterocycles. The molecule has 20 heavy (non-hydrogen) atoms. The number of nitrogens with two attached hydrogens (primary N) is 1. The van der Waals surface area contributed by atoms with Gasteiger partial charge in [0.2, 0.25) is 0 Å². The molecule has 0 aliphatic rings. The summed E-state index contributed by atoms with van der Waals surface area (Å²) in [5.41, 5.74) is 8.12. The lowest BCUT2D eigenvalue weighted by Crippen LogP contribution is -2.15. The van der Waals surface area contributed by atoms with E-state index in [1.54, 1.807) is 26.0 Å². The summed E-state index contributed by atoms with van der Waals surface area (Å²) in [6, 6.07) is 4.91. The van der Waals surface area contributed by atoms with E-state index in [0.717, 1.165) is 5.56 Å². The fourth-order valence-electron chi connectivity index (χ4n) is 1.78. The minimum atomic E-state index is -3.68. The van der Waals surface area contributed by atoms with Crippen LogP contribution < -0.4 is 10.5 Å². The molecular formula is C12H15BrN4O2S. The van der Waals surface area contributed by atoms with Gasteiger partial charge in [0.05, 0.1) is 17.1 Å². The molecule has 0 unspecified atom stereocenters. The van der Waals surface area contributed by atoms with Crippen LogP contribution in [0.15, 0.2) is 27.6 Å². The zero-order chi connectivity index (χ0) is 14.9. The Kier molecular flexibility index (Phi) is 4.17. The molecule has 4 N–H and O–H groups in total. The Bertz CT molecular complexity index is 720. The Labute approximate surface area is 125 Å². The molecule has 6 nitrogen and oxygen atoms in total. The fraction of sp³-hybridized carbons (Fsp3) is 0.250. The number of hydrogen-bond donors (Lipinski definition) is 3. The van der Waals surface area contributed by atoms with Gasteiger partial charge in [-0.2, -0.15) is 5.10 Å². The van der Waals surface area contributed by atoms with Crippen LogP contribution in [0, 0.1) is 13.8 Å². The quantitative estimate of drug-likeness (QED) is 0.778. The third-order valence-electron chi connectivity index (χ3n) is 2.89. The van der Waals surface area contributed by atoms with Gasteiger partial charge >= 0.3 is 0 Å². The van der Waals surface area contributed by atoms with E-state index in [0.29, 0.717) is 28.1 Å². The Hall–Kier alpha value is -1.38. The standard InChI is InChI=1S/C12H15BrN4O2S/c1-7-12(8(2)16-15-7)17-20(18,19)11-4-3-9(6-14)5-10(11)13/h3-5,17H,6,14H2,1-2H3,(H,15,16). The predicted molar refractivity (Wildman–Crippen MR) is 80.9 cm³/mol. The van der Waals surface area contributed by atoms with Crippen molar-refractivity contribution in [3.05, 3.63) is 39.6 Å². The first-order valence-corrected chi connectivity index (χ1v) is 8.15. The summed E-state index contributed by atoms with van der Waals surface area (Å²) in [4.78, 5) is 0.162. The Morgan fingerprint density at radius 1 is 1.40 bits per heavy atom. The van der Waals surface area contributed by atoms with Crippen LogP contribution in [0.1, 0.15) is 17.0 Å². The Balaban J connectivity index is 2.41. The number of benzene rings is 1. The van der Waals surface area contributed by atoms with Gasteiger partial charge in [0.1, 0.15) is 4.90 Å². The molecule has 0 aliphatic carbocycles. The summed E-state index contributed by atoms with van der Waals surface area (Å²) in [5, 5.41) is 6.70. The molecule has 0 saturated heterocycles. The van der Waals surface area contributed by atoms with E-state index in [1.165, 1.54) is 6.07 Å². The highest BCUT2D eigenvalue weighted by Gasteiger charge is 2.20. The summed E-state index contributed by atoms with van der Waals surface area (Å²) in [6.07, 6.45) is 0. The molecule has 2 aromatic rings. The van der Waals surface area contributed by atoms with Crippen molar-refractivity contribution in [3.63, 3.8) is 0 Å². The van der Waals surface area contributed by atoms with E-state index < -0.39 is 10.0 Å². The average molecular weight is 359 g/mol. The van der Waals surface area contributed by atoms with Crippen LogP contribution in [0.2, 0.25) is 0 Å². The van der Waals surface area contributed by atoms with Crippen molar-refractivity contribution in [1.29, 1.82) is 0 Å². The number of aromatic amines is 1. The third kappa shape index (κ3) is 2.87. The Morgan fingerprint density at radius 3 is 2.60 bits per heavy atom. The number of halogens is 1. The van der Waals surface area contributed by atoms with E-state index in [1.807, 2.05) is 0 Å². The monoisotopic (exact) mass is 358 g/mol. The van der Waals surface area contributed by atoms with Gasteiger partial charge in [0, 0.05) is 11.0 Å². The number of anilines is 1. The van der Waals surface area contributed by atoms with Crippen molar-refractivity contribution in [3.8, 4) is 0 Å². The second-order valence-electron chi connectivity index (χ2n) is 4.38. The maximum Gasteiger partial charge on any atom is 0.263 e. The maximum atomic E-state index is 12.4. The first kappa shape index (κ1) is 15.0. The van der Waals surface area contributed by atoms with Crippen molar-refractivity contribution in [2.24, 2.45) is 5.73 Å². The highest BCUT2D eigenvalue weighted by molar-refractivity contribution is 9.10. The van der Waals surface area contributed by atoms with Crippen LogP contribution in [0.4, 0.5) is 5.69 Å². The predicted octanol–water partition coefficient (Wildman–Crippen LogP) is 2.05. The number of nitrogens with zero attached hydrogens (tertiary/aromatic N) is 1. The average Bonchev–Trinajstić information content (AvgIpc) is 2.69. The number of rotatable bonds is 4. The van der Waals surface area contributed by atoms with Crippen LogP contribution >= 0.6 is 15.9 Å². The molecule has 1 heterocycles. The molecule has 0 atom stereocenters. The Morgan fingerprint density at radius 2 is 2.10 bits per heavy atom. The van der Waals surface area contributed by atoms with Gasteiger partial charge in [-0.25, -0.2) is 8.42 Å². The molecule has 8 heteroatoms. The van der Waals surface area contributed by atoms with Crippen LogP contribution in [0.3, 0.4) is 0 Å². The topological polar surface area (TPSA) is 101 Å². The first-order valence-electron chi connectivity index (χ1n) is 5.88. The van der Waals surface area contributed by atoms with E-state index in [9.17, 15) is 8.42 Å². The molecule has 1 aromatic carbocycles. The molecule has 0 bridgehead atoms. The maximum absolute atomic E-state index is 12.4. The normalized spacial score (nSPS) is 11.6. The highest BCUT2D eigenvalue weighted by Crippen LogP contribution is 2.27. The number of sulfonamides is 1. The summed E-state index contributed by atoms with van der Waals surface area (Å²) < 4.78 is 27.8. The molecule has 1 aromatic heterocycles. The van der Waals surface area contributed by atoms with Crippen LogP contribution in [0.25, 0.3) is 0 Å². The minimum Gasteiger partial charge on any atom is -0.326 e. The minimum absolute atomic E-state index is 0.162. The highest BCUT2D eigenvalue weighted by atomic mass is 79.9. The second-order valence-corrected chi connectivity index (χ2v) is 6.89. The van der Waals surface area contributed by atoms with Gasteiger partial charge in [-0.1, -0.05) is 6.07 Å².